The summed E-state index contributed by atoms with van der Waals surface area (Å²) in [5.41, 5.74) is -0.194. The van der Waals surface area contributed by atoms with E-state index in [0.29, 0.717) is 19.8 Å². The van der Waals surface area contributed by atoms with Crippen LogP contribution in [0.4, 0.5) is 4.79 Å². The zero-order chi connectivity index (χ0) is 16.7. The molecule has 2 aliphatic rings. The van der Waals surface area contributed by atoms with Crippen molar-refractivity contribution in [1.82, 2.24) is 9.80 Å². The molecule has 2 fully saturated rings. The predicted octanol–water partition coefficient (Wildman–Crippen LogP) is 1.95. The minimum atomic E-state index is -0.479. The average molecular weight is 343 g/mol. The molecule has 0 aromatic rings. The first-order chi connectivity index (χ1) is 11.0. The summed E-state index contributed by atoms with van der Waals surface area (Å²) >= 11 is 1.98. The van der Waals surface area contributed by atoms with Crippen molar-refractivity contribution in [3.63, 3.8) is 0 Å². The van der Waals surface area contributed by atoms with Gasteiger partial charge in [-0.15, -0.1) is 0 Å². The minimum Gasteiger partial charge on any atom is -0.447 e. The minimum absolute atomic E-state index is 0.194. The molecule has 6 nitrogen and oxygen atoms in total. The van der Waals surface area contributed by atoms with Crippen LogP contribution < -0.4 is 0 Å². The number of hydrogen-bond donors (Lipinski definition) is 0. The summed E-state index contributed by atoms with van der Waals surface area (Å²) in [6.07, 6.45) is -0.479. The molecule has 0 atom stereocenters. The highest BCUT2D eigenvalue weighted by atomic mass is 32.2. The maximum absolute atomic E-state index is 12.1. The Bertz CT molecular complexity index is 411. The molecule has 2 saturated heterocycles. The van der Waals surface area contributed by atoms with Gasteiger partial charge >= 0.3 is 6.09 Å². The van der Waals surface area contributed by atoms with Gasteiger partial charge in [0, 0.05) is 49.6 Å². The van der Waals surface area contributed by atoms with E-state index in [1.54, 1.807) is 0 Å². The molecule has 0 unspecified atom stereocenters. The predicted molar refractivity (Wildman–Crippen MR) is 94.4 cm³/mol. The van der Waals surface area contributed by atoms with E-state index in [-0.39, 0.29) is 5.41 Å². The maximum atomic E-state index is 12.1. The van der Waals surface area contributed by atoms with Gasteiger partial charge in [0.25, 0.3) is 0 Å². The summed E-state index contributed by atoms with van der Waals surface area (Å²) < 4.78 is 10.7. The molecule has 0 N–H and O–H groups in total. The first kappa shape index (κ1) is 18.5. The second kappa shape index (κ2) is 8.89. The smallest absolute Gasteiger partial charge is 0.435 e. The molecule has 2 heterocycles. The van der Waals surface area contributed by atoms with E-state index < -0.39 is 6.09 Å². The van der Waals surface area contributed by atoms with E-state index in [0.717, 1.165) is 50.1 Å². The number of carbonyl (C=O) groups excluding carboxylic acids is 1. The molecule has 2 aliphatic heterocycles. The highest BCUT2D eigenvalue weighted by molar-refractivity contribution is 7.99. The SMILES string of the molecule is CC(C)(C)C(=NC(=O)OCCN1CCSCC1)N1CCOCC1. The van der Waals surface area contributed by atoms with E-state index in [9.17, 15) is 4.79 Å². The fraction of sp³-hybridized carbons (Fsp3) is 0.875. The Kier molecular flexibility index (Phi) is 7.17. The van der Waals surface area contributed by atoms with Crippen LogP contribution in [-0.4, -0.2) is 85.8 Å². The van der Waals surface area contributed by atoms with Crippen molar-refractivity contribution >= 4 is 23.7 Å². The molecule has 0 aliphatic carbocycles. The Labute approximate surface area is 143 Å². The van der Waals surface area contributed by atoms with Crippen molar-refractivity contribution in [1.29, 1.82) is 0 Å². The van der Waals surface area contributed by atoms with Gasteiger partial charge in [0.1, 0.15) is 12.4 Å². The van der Waals surface area contributed by atoms with Gasteiger partial charge in [-0.2, -0.15) is 16.8 Å². The third kappa shape index (κ3) is 6.31. The van der Waals surface area contributed by atoms with Gasteiger partial charge in [0.2, 0.25) is 0 Å². The lowest BCUT2D eigenvalue weighted by Crippen LogP contribution is -2.46. The average Bonchev–Trinajstić information content (AvgIpc) is 2.53. The van der Waals surface area contributed by atoms with Gasteiger partial charge < -0.3 is 14.4 Å². The summed E-state index contributed by atoms with van der Waals surface area (Å²) in [7, 11) is 0. The van der Waals surface area contributed by atoms with Crippen LogP contribution in [0.25, 0.3) is 0 Å². The second-order valence-corrected chi connectivity index (χ2v) is 8.08. The van der Waals surface area contributed by atoms with E-state index in [4.69, 9.17) is 9.47 Å². The Morgan fingerprint density at radius 3 is 2.43 bits per heavy atom. The zero-order valence-electron chi connectivity index (χ0n) is 14.5. The summed E-state index contributed by atoms with van der Waals surface area (Å²) in [4.78, 5) is 20.8. The van der Waals surface area contributed by atoms with Crippen LogP contribution in [0.2, 0.25) is 0 Å². The molecule has 0 aromatic heterocycles. The van der Waals surface area contributed by atoms with Gasteiger partial charge in [-0.1, -0.05) is 20.8 Å². The van der Waals surface area contributed by atoms with Crippen molar-refractivity contribution in [3.8, 4) is 0 Å². The van der Waals surface area contributed by atoms with E-state index in [2.05, 4.69) is 35.6 Å². The topological polar surface area (TPSA) is 54.4 Å². The van der Waals surface area contributed by atoms with Crippen molar-refractivity contribution in [2.75, 3.05) is 64.1 Å². The number of amides is 1. The third-order valence-corrected chi connectivity index (χ3v) is 4.86. The number of ether oxygens (including phenoxy) is 2. The van der Waals surface area contributed by atoms with Crippen LogP contribution in [-0.2, 0) is 9.47 Å². The van der Waals surface area contributed by atoms with Crippen LogP contribution in [0.5, 0.6) is 0 Å². The van der Waals surface area contributed by atoms with Crippen molar-refractivity contribution < 1.29 is 14.3 Å². The lowest BCUT2D eigenvalue weighted by atomic mass is 9.93. The van der Waals surface area contributed by atoms with Crippen molar-refractivity contribution in [2.45, 2.75) is 20.8 Å². The summed E-state index contributed by atoms with van der Waals surface area (Å²) in [5, 5.41) is 0. The van der Waals surface area contributed by atoms with Gasteiger partial charge in [-0.05, 0) is 0 Å². The van der Waals surface area contributed by atoms with Crippen molar-refractivity contribution in [3.05, 3.63) is 0 Å². The molecular weight excluding hydrogens is 314 g/mol. The number of rotatable bonds is 3. The lowest BCUT2D eigenvalue weighted by Gasteiger charge is -2.35. The number of carbonyl (C=O) groups is 1. The molecule has 0 bridgehead atoms. The van der Waals surface area contributed by atoms with E-state index in [1.165, 1.54) is 0 Å². The quantitative estimate of drug-likeness (QED) is 0.577. The summed E-state index contributed by atoms with van der Waals surface area (Å²) in [6, 6.07) is 0. The lowest BCUT2D eigenvalue weighted by molar-refractivity contribution is 0.0641. The largest absolute Gasteiger partial charge is 0.447 e. The van der Waals surface area contributed by atoms with Gasteiger partial charge in [0.05, 0.1) is 13.2 Å². The number of nitrogens with zero attached hydrogens (tertiary/aromatic N) is 3. The van der Waals surface area contributed by atoms with E-state index in [1.807, 2.05) is 11.8 Å². The van der Waals surface area contributed by atoms with E-state index >= 15 is 0 Å². The normalized spacial score (nSPS) is 21.3. The first-order valence-electron chi connectivity index (χ1n) is 8.35. The Morgan fingerprint density at radius 2 is 1.83 bits per heavy atom. The molecule has 1 amide bonds. The van der Waals surface area contributed by atoms with Crippen LogP contribution in [0.3, 0.4) is 0 Å². The van der Waals surface area contributed by atoms with Crippen LogP contribution in [0.15, 0.2) is 4.99 Å². The number of morpholine rings is 1. The summed E-state index contributed by atoms with van der Waals surface area (Å²) in [5.74, 6) is 3.12. The fourth-order valence-corrected chi connectivity index (χ4v) is 3.67. The zero-order valence-corrected chi connectivity index (χ0v) is 15.4. The summed E-state index contributed by atoms with van der Waals surface area (Å²) in [6.45, 7) is 12.5. The number of aliphatic imine (C=N–C) groups is 1. The highest BCUT2D eigenvalue weighted by Crippen LogP contribution is 2.20. The first-order valence-corrected chi connectivity index (χ1v) is 9.51. The molecule has 132 valence electrons. The van der Waals surface area contributed by atoms with Crippen LogP contribution in [0.1, 0.15) is 20.8 Å². The van der Waals surface area contributed by atoms with Crippen LogP contribution >= 0.6 is 11.8 Å². The molecular formula is C16H29N3O3S. The van der Waals surface area contributed by atoms with Gasteiger partial charge in [-0.3, -0.25) is 4.90 Å². The standard InChI is InChI=1S/C16H29N3O3S/c1-16(2,3)14(19-5-9-21-10-6-19)17-15(20)22-11-4-18-7-12-23-13-8-18/h4-13H2,1-3H3. The number of thioether (sulfide) groups is 1. The fourth-order valence-electron chi connectivity index (χ4n) is 2.69. The Balaban J connectivity index is 1.85. The Hall–Kier alpha value is -0.790. The molecule has 0 saturated carbocycles. The molecule has 0 radical (unpaired) electrons. The maximum Gasteiger partial charge on any atom is 0.435 e. The van der Waals surface area contributed by atoms with Crippen LogP contribution in [0, 0.1) is 5.41 Å². The third-order valence-electron chi connectivity index (χ3n) is 3.92. The number of amidine groups is 1. The van der Waals surface area contributed by atoms with Gasteiger partial charge in [-0.25, -0.2) is 4.79 Å². The molecule has 23 heavy (non-hydrogen) atoms. The number of hydrogen-bond acceptors (Lipinski definition) is 5. The van der Waals surface area contributed by atoms with Gasteiger partial charge in [0.15, 0.2) is 0 Å². The highest BCUT2D eigenvalue weighted by Gasteiger charge is 2.27. The molecule has 2 rings (SSSR count). The second-order valence-electron chi connectivity index (χ2n) is 6.85. The monoisotopic (exact) mass is 343 g/mol. The van der Waals surface area contributed by atoms with Crippen molar-refractivity contribution in [2.24, 2.45) is 10.4 Å². The Morgan fingerprint density at radius 1 is 1.17 bits per heavy atom. The molecule has 0 spiro atoms. The molecule has 0 aromatic carbocycles. The molecule has 7 heteroatoms.